The van der Waals surface area contributed by atoms with Gasteiger partial charge < -0.3 is 5.32 Å². The van der Waals surface area contributed by atoms with Crippen LogP contribution in [0, 0.1) is 0 Å². The maximum Gasteiger partial charge on any atom is 0.257 e. The van der Waals surface area contributed by atoms with Gasteiger partial charge in [0.1, 0.15) is 4.90 Å². The van der Waals surface area contributed by atoms with Gasteiger partial charge in [0.15, 0.2) is 0 Å². The molecule has 2 aromatic carbocycles. The van der Waals surface area contributed by atoms with Crippen LogP contribution in [0.5, 0.6) is 0 Å². The minimum absolute atomic E-state index is 0.151. The Morgan fingerprint density at radius 3 is 2.39 bits per heavy atom. The van der Waals surface area contributed by atoms with Gasteiger partial charge in [-0.3, -0.25) is 4.79 Å². The molecule has 0 saturated carbocycles. The van der Waals surface area contributed by atoms with Gasteiger partial charge in [-0.15, -0.1) is 0 Å². The number of para-hydroxylation sites is 1. The first-order chi connectivity index (χ1) is 8.60. The molecule has 0 radical (unpaired) electrons. The van der Waals surface area contributed by atoms with E-state index < -0.39 is 15.7 Å². The van der Waals surface area contributed by atoms with Gasteiger partial charge in [-0.25, -0.2) is 8.42 Å². The Morgan fingerprint density at radius 2 is 1.67 bits per heavy atom. The highest BCUT2D eigenvalue weighted by Crippen LogP contribution is 2.42. The molecule has 0 aromatic heterocycles. The predicted octanol–water partition coefficient (Wildman–Crippen LogP) is 2.09. The molecule has 1 aliphatic heterocycles. The summed E-state index contributed by atoms with van der Waals surface area (Å²) in [6, 6.07) is 13.5. The van der Waals surface area contributed by atoms with Crippen molar-refractivity contribution in [2.45, 2.75) is 9.79 Å². The van der Waals surface area contributed by atoms with E-state index in [0.717, 1.165) is 0 Å². The fraction of sp³-hybridized carbons (Fsp3) is 0. The first-order valence-corrected chi connectivity index (χ1v) is 6.83. The molecular weight excluding hydrogens is 250 g/mol. The van der Waals surface area contributed by atoms with Crippen LogP contribution in [-0.2, 0) is 9.84 Å². The SMILES string of the molecule is O=C(Nc1ccccc1)c1cccc2c1S2(=O)=O. The molecule has 1 heterocycles. The summed E-state index contributed by atoms with van der Waals surface area (Å²) >= 11 is 0. The van der Waals surface area contributed by atoms with Crippen LogP contribution in [0.1, 0.15) is 10.4 Å². The smallest absolute Gasteiger partial charge is 0.257 e. The molecular formula is C13H9NO3S. The van der Waals surface area contributed by atoms with Gasteiger partial charge in [0.05, 0.1) is 10.5 Å². The van der Waals surface area contributed by atoms with E-state index in [9.17, 15) is 13.2 Å². The van der Waals surface area contributed by atoms with E-state index in [1.54, 1.807) is 30.3 Å². The quantitative estimate of drug-likeness (QED) is 0.717. The van der Waals surface area contributed by atoms with Crippen molar-refractivity contribution in [1.82, 2.24) is 0 Å². The standard InChI is InChI=1S/C13H9NO3S/c15-13(14-9-5-2-1-3-6-9)10-7-4-8-11-12(10)18(11,16)17/h1-8H,(H,14,15). The average Bonchev–Trinajstić information content (AvgIpc) is 2.94. The zero-order chi connectivity index (χ0) is 12.8. The van der Waals surface area contributed by atoms with Crippen molar-refractivity contribution in [2.75, 3.05) is 5.32 Å². The summed E-state index contributed by atoms with van der Waals surface area (Å²) < 4.78 is 23.1. The molecule has 4 nitrogen and oxygen atoms in total. The Hall–Kier alpha value is -2.14. The molecule has 1 N–H and O–H groups in total. The fourth-order valence-corrected chi connectivity index (χ4v) is 3.36. The highest BCUT2D eigenvalue weighted by molar-refractivity contribution is 7.97. The third kappa shape index (κ3) is 1.60. The predicted molar refractivity (Wildman–Crippen MR) is 66.3 cm³/mol. The van der Waals surface area contributed by atoms with Crippen molar-refractivity contribution in [3.8, 4) is 0 Å². The van der Waals surface area contributed by atoms with Crippen LogP contribution in [0.25, 0.3) is 0 Å². The van der Waals surface area contributed by atoms with Crippen molar-refractivity contribution in [1.29, 1.82) is 0 Å². The van der Waals surface area contributed by atoms with Gasteiger partial charge in [0, 0.05) is 5.69 Å². The van der Waals surface area contributed by atoms with Crippen LogP contribution >= 0.6 is 0 Å². The number of nitrogens with one attached hydrogen (secondary N) is 1. The van der Waals surface area contributed by atoms with Crippen LogP contribution in [0.3, 0.4) is 0 Å². The molecule has 2 aromatic rings. The lowest BCUT2D eigenvalue weighted by Gasteiger charge is -2.03. The van der Waals surface area contributed by atoms with E-state index in [1.165, 1.54) is 12.1 Å². The largest absolute Gasteiger partial charge is 0.322 e. The van der Waals surface area contributed by atoms with Crippen LogP contribution in [0.2, 0.25) is 0 Å². The zero-order valence-corrected chi connectivity index (χ0v) is 10.1. The summed E-state index contributed by atoms with van der Waals surface area (Å²) in [5.74, 6) is -0.404. The van der Waals surface area contributed by atoms with Crippen molar-refractivity contribution in [3.05, 3.63) is 54.1 Å². The second kappa shape index (κ2) is 3.68. The fourth-order valence-electron chi connectivity index (χ4n) is 1.86. The molecule has 5 heteroatoms. The van der Waals surface area contributed by atoms with Gasteiger partial charge in [0.2, 0.25) is 9.84 Å². The first-order valence-electron chi connectivity index (χ1n) is 5.35. The number of fused-ring (bicyclic) bond motifs is 1. The van der Waals surface area contributed by atoms with E-state index in [2.05, 4.69) is 5.32 Å². The first kappa shape index (κ1) is 11.0. The zero-order valence-electron chi connectivity index (χ0n) is 9.25. The van der Waals surface area contributed by atoms with E-state index in [0.29, 0.717) is 5.69 Å². The monoisotopic (exact) mass is 259 g/mol. The van der Waals surface area contributed by atoms with Gasteiger partial charge in [-0.2, -0.15) is 0 Å². The maximum absolute atomic E-state index is 12.0. The molecule has 1 amide bonds. The van der Waals surface area contributed by atoms with Gasteiger partial charge in [-0.05, 0) is 24.3 Å². The minimum Gasteiger partial charge on any atom is -0.322 e. The summed E-state index contributed by atoms with van der Waals surface area (Å²) in [7, 11) is -3.30. The Bertz CT molecular complexity index is 736. The van der Waals surface area contributed by atoms with Crippen LogP contribution in [0.15, 0.2) is 58.3 Å². The molecule has 1 aliphatic rings. The lowest BCUT2D eigenvalue weighted by molar-refractivity contribution is 0.102. The molecule has 0 spiro atoms. The summed E-state index contributed by atoms with van der Waals surface area (Å²) in [4.78, 5) is 12.4. The second-order valence-electron chi connectivity index (χ2n) is 3.96. The van der Waals surface area contributed by atoms with E-state index in [4.69, 9.17) is 0 Å². The van der Waals surface area contributed by atoms with Crippen molar-refractivity contribution < 1.29 is 13.2 Å². The van der Waals surface area contributed by atoms with Gasteiger partial charge in [0.25, 0.3) is 5.91 Å². The third-order valence-corrected chi connectivity index (χ3v) is 4.46. The summed E-state index contributed by atoms with van der Waals surface area (Å²) in [5, 5.41) is 2.67. The summed E-state index contributed by atoms with van der Waals surface area (Å²) in [5.41, 5.74) is 0.842. The number of sulfone groups is 1. The summed E-state index contributed by atoms with van der Waals surface area (Å²) in [6.45, 7) is 0. The minimum atomic E-state index is -3.30. The van der Waals surface area contributed by atoms with Crippen LogP contribution in [0.4, 0.5) is 5.69 Å². The number of carbonyl (C=O) groups is 1. The van der Waals surface area contributed by atoms with Gasteiger partial charge in [-0.1, -0.05) is 24.3 Å². The summed E-state index contributed by atoms with van der Waals surface area (Å²) in [6.07, 6.45) is 0. The van der Waals surface area contributed by atoms with Crippen LogP contribution < -0.4 is 5.32 Å². The molecule has 18 heavy (non-hydrogen) atoms. The highest BCUT2D eigenvalue weighted by Gasteiger charge is 2.43. The molecule has 3 rings (SSSR count). The lowest BCUT2D eigenvalue weighted by Crippen LogP contribution is -2.11. The highest BCUT2D eigenvalue weighted by atomic mass is 32.2. The Balaban J connectivity index is 1.93. The average molecular weight is 259 g/mol. The van der Waals surface area contributed by atoms with Crippen molar-refractivity contribution in [3.63, 3.8) is 0 Å². The number of rotatable bonds is 2. The van der Waals surface area contributed by atoms with E-state index >= 15 is 0 Å². The second-order valence-corrected chi connectivity index (χ2v) is 5.81. The Labute approximate surface area is 104 Å². The van der Waals surface area contributed by atoms with E-state index in [1.807, 2.05) is 6.07 Å². The maximum atomic E-state index is 12.0. The van der Waals surface area contributed by atoms with Crippen LogP contribution in [-0.4, -0.2) is 14.3 Å². The Morgan fingerprint density at radius 1 is 0.944 bits per heavy atom. The molecule has 0 saturated heterocycles. The number of hydrogen-bond acceptors (Lipinski definition) is 3. The molecule has 0 aliphatic carbocycles. The molecule has 0 fully saturated rings. The number of hydrogen-bond donors (Lipinski definition) is 1. The van der Waals surface area contributed by atoms with Crippen molar-refractivity contribution >= 4 is 21.4 Å². The lowest BCUT2D eigenvalue weighted by atomic mass is 10.2. The number of anilines is 1. The topological polar surface area (TPSA) is 63.2 Å². The number of carbonyl (C=O) groups excluding carboxylic acids is 1. The molecule has 0 bridgehead atoms. The Kier molecular flexibility index (Phi) is 2.24. The van der Waals surface area contributed by atoms with E-state index in [-0.39, 0.29) is 15.4 Å². The molecule has 90 valence electrons. The number of benzene rings is 2. The van der Waals surface area contributed by atoms with Crippen molar-refractivity contribution in [2.24, 2.45) is 0 Å². The normalized spacial score (nSPS) is 14.7. The third-order valence-electron chi connectivity index (χ3n) is 2.77. The molecule has 0 atom stereocenters. The van der Waals surface area contributed by atoms with Gasteiger partial charge >= 0.3 is 0 Å². The molecule has 0 unspecified atom stereocenters. The number of amides is 1.